The number of rotatable bonds is 5. The largest absolute Gasteiger partial charge is 0.480 e. The molecule has 4 heteroatoms. The van der Waals surface area contributed by atoms with E-state index in [4.69, 9.17) is 5.11 Å². The predicted molar refractivity (Wildman–Crippen MR) is 63.0 cm³/mol. The first-order valence-electron chi connectivity index (χ1n) is 4.22. The number of thiol groups is 1. The molecule has 76 valence electrons. The summed E-state index contributed by atoms with van der Waals surface area (Å²) in [4.78, 5) is 10.5. The van der Waals surface area contributed by atoms with Crippen molar-refractivity contribution in [3.63, 3.8) is 0 Å². The van der Waals surface area contributed by atoms with Gasteiger partial charge in [-0.2, -0.15) is 24.4 Å². The predicted octanol–water partition coefficient (Wildman–Crippen LogP) is 2.30. The van der Waals surface area contributed by atoms with Gasteiger partial charge in [0.1, 0.15) is 5.25 Å². The Kier molecular flexibility index (Phi) is 4.90. The lowest BCUT2D eigenvalue weighted by Gasteiger charge is -2.04. The Balaban J connectivity index is 2.26. The number of hydrogen-bond donors (Lipinski definition) is 2. The van der Waals surface area contributed by atoms with E-state index >= 15 is 0 Å². The highest BCUT2D eigenvalue weighted by Crippen LogP contribution is 2.14. The molecule has 14 heavy (non-hydrogen) atoms. The van der Waals surface area contributed by atoms with Crippen molar-refractivity contribution in [2.45, 2.75) is 11.0 Å². The summed E-state index contributed by atoms with van der Waals surface area (Å²) < 4.78 is 0. The van der Waals surface area contributed by atoms with Crippen molar-refractivity contribution in [1.29, 1.82) is 0 Å². The summed E-state index contributed by atoms with van der Waals surface area (Å²) in [6.45, 7) is 0. The zero-order valence-electron chi connectivity index (χ0n) is 7.59. The van der Waals surface area contributed by atoms with Crippen LogP contribution in [0.5, 0.6) is 0 Å². The topological polar surface area (TPSA) is 37.3 Å². The molecule has 1 atom stereocenters. The molecular formula is C10H12O2S2. The van der Waals surface area contributed by atoms with Crippen LogP contribution in [0.1, 0.15) is 5.56 Å². The maximum atomic E-state index is 10.5. The molecule has 1 aromatic carbocycles. The molecule has 0 heterocycles. The first-order chi connectivity index (χ1) is 6.70. The second-order valence-corrected chi connectivity index (χ2v) is 4.51. The smallest absolute Gasteiger partial charge is 0.317 e. The Bertz CT molecular complexity index is 287. The Labute approximate surface area is 93.1 Å². The Morgan fingerprint density at radius 3 is 2.64 bits per heavy atom. The molecule has 1 unspecified atom stereocenters. The molecule has 0 fully saturated rings. The summed E-state index contributed by atoms with van der Waals surface area (Å²) in [5.41, 5.74) is 1.21. The van der Waals surface area contributed by atoms with E-state index in [0.29, 0.717) is 5.75 Å². The zero-order chi connectivity index (χ0) is 10.4. The quantitative estimate of drug-likeness (QED) is 0.759. The summed E-state index contributed by atoms with van der Waals surface area (Å²) in [5.74, 6) is 0.521. The number of carboxylic acid groups (broad SMARTS) is 1. The molecule has 0 aliphatic heterocycles. The molecule has 1 aromatic rings. The fraction of sp³-hybridized carbons (Fsp3) is 0.300. The van der Waals surface area contributed by atoms with Gasteiger partial charge in [0.25, 0.3) is 0 Å². The highest BCUT2D eigenvalue weighted by Gasteiger charge is 2.10. The van der Waals surface area contributed by atoms with Crippen molar-refractivity contribution in [1.82, 2.24) is 0 Å². The first kappa shape index (κ1) is 11.5. The molecule has 0 radical (unpaired) electrons. The maximum Gasteiger partial charge on any atom is 0.317 e. The molecule has 0 amide bonds. The van der Waals surface area contributed by atoms with E-state index in [0.717, 1.165) is 5.75 Å². The van der Waals surface area contributed by atoms with Crippen molar-refractivity contribution in [2.75, 3.05) is 5.75 Å². The summed E-state index contributed by atoms with van der Waals surface area (Å²) in [6, 6.07) is 9.98. The summed E-state index contributed by atoms with van der Waals surface area (Å²) in [7, 11) is 0. The van der Waals surface area contributed by atoms with E-state index in [1.807, 2.05) is 30.3 Å². The van der Waals surface area contributed by atoms with E-state index in [1.165, 1.54) is 5.56 Å². The Morgan fingerprint density at radius 1 is 1.43 bits per heavy atom. The molecule has 0 spiro atoms. The van der Waals surface area contributed by atoms with E-state index in [2.05, 4.69) is 12.6 Å². The molecule has 0 saturated heterocycles. The van der Waals surface area contributed by atoms with Gasteiger partial charge in [0.2, 0.25) is 0 Å². The second-order valence-electron chi connectivity index (χ2n) is 2.85. The zero-order valence-corrected chi connectivity index (χ0v) is 9.30. The van der Waals surface area contributed by atoms with E-state index < -0.39 is 11.2 Å². The van der Waals surface area contributed by atoms with Gasteiger partial charge in [-0.1, -0.05) is 30.3 Å². The van der Waals surface area contributed by atoms with Gasteiger partial charge in [-0.3, -0.25) is 4.79 Å². The molecule has 1 rings (SSSR count). The van der Waals surface area contributed by atoms with Crippen LogP contribution in [0.4, 0.5) is 0 Å². The third-order valence-electron chi connectivity index (χ3n) is 1.67. The average molecular weight is 228 g/mol. The van der Waals surface area contributed by atoms with Gasteiger partial charge in [0, 0.05) is 11.5 Å². The fourth-order valence-electron chi connectivity index (χ4n) is 0.934. The summed E-state index contributed by atoms with van der Waals surface area (Å²) >= 11 is 5.54. The van der Waals surface area contributed by atoms with Gasteiger partial charge in [-0.05, 0) is 5.56 Å². The van der Waals surface area contributed by atoms with Gasteiger partial charge in [-0.25, -0.2) is 0 Å². The van der Waals surface area contributed by atoms with Crippen molar-refractivity contribution in [3.05, 3.63) is 35.9 Å². The van der Waals surface area contributed by atoms with Gasteiger partial charge in [0.05, 0.1) is 0 Å². The van der Waals surface area contributed by atoms with Crippen LogP contribution in [0.3, 0.4) is 0 Å². The molecule has 0 bridgehead atoms. The Morgan fingerprint density at radius 2 is 2.07 bits per heavy atom. The fourth-order valence-corrected chi connectivity index (χ4v) is 2.16. The summed E-state index contributed by atoms with van der Waals surface area (Å²) in [6.07, 6.45) is 0. The van der Waals surface area contributed by atoms with Crippen molar-refractivity contribution in [2.24, 2.45) is 0 Å². The molecule has 0 aromatic heterocycles. The monoisotopic (exact) mass is 228 g/mol. The number of benzene rings is 1. The molecule has 0 aliphatic rings. The Hall–Kier alpha value is -0.610. The SMILES string of the molecule is O=C(O)C(S)CSCc1ccccc1. The number of carbonyl (C=O) groups is 1. The van der Waals surface area contributed by atoms with Crippen molar-refractivity contribution in [3.8, 4) is 0 Å². The lowest BCUT2D eigenvalue weighted by molar-refractivity contribution is -0.135. The minimum atomic E-state index is -0.853. The normalized spacial score (nSPS) is 12.4. The minimum absolute atomic E-state index is 0.535. The van der Waals surface area contributed by atoms with E-state index in [1.54, 1.807) is 11.8 Å². The van der Waals surface area contributed by atoms with Crippen LogP contribution in [-0.2, 0) is 10.5 Å². The third kappa shape index (κ3) is 4.07. The highest BCUT2D eigenvalue weighted by molar-refractivity contribution is 7.99. The van der Waals surface area contributed by atoms with Gasteiger partial charge in [0.15, 0.2) is 0 Å². The van der Waals surface area contributed by atoms with E-state index in [-0.39, 0.29) is 0 Å². The molecule has 0 saturated carbocycles. The third-order valence-corrected chi connectivity index (χ3v) is 3.43. The van der Waals surface area contributed by atoms with Crippen LogP contribution in [0.25, 0.3) is 0 Å². The molecule has 0 aliphatic carbocycles. The average Bonchev–Trinajstić information content (AvgIpc) is 2.19. The number of carboxylic acids is 1. The number of thioether (sulfide) groups is 1. The van der Waals surface area contributed by atoms with Crippen LogP contribution in [-0.4, -0.2) is 22.1 Å². The summed E-state index contributed by atoms with van der Waals surface area (Å²) in [5, 5.41) is 8.02. The van der Waals surface area contributed by atoms with Gasteiger partial charge >= 0.3 is 5.97 Å². The lowest BCUT2D eigenvalue weighted by Crippen LogP contribution is -2.15. The number of hydrogen-bond acceptors (Lipinski definition) is 3. The van der Waals surface area contributed by atoms with Crippen LogP contribution in [0.2, 0.25) is 0 Å². The van der Waals surface area contributed by atoms with Gasteiger partial charge in [-0.15, -0.1) is 0 Å². The first-order valence-corrected chi connectivity index (χ1v) is 5.90. The highest BCUT2D eigenvalue weighted by atomic mass is 32.2. The van der Waals surface area contributed by atoms with Crippen molar-refractivity contribution >= 4 is 30.4 Å². The van der Waals surface area contributed by atoms with Crippen LogP contribution >= 0.6 is 24.4 Å². The van der Waals surface area contributed by atoms with Gasteiger partial charge < -0.3 is 5.11 Å². The van der Waals surface area contributed by atoms with Crippen LogP contribution < -0.4 is 0 Å². The molecule has 2 nitrogen and oxygen atoms in total. The lowest BCUT2D eigenvalue weighted by atomic mass is 10.2. The molecular weight excluding hydrogens is 216 g/mol. The second kappa shape index (κ2) is 5.98. The van der Waals surface area contributed by atoms with Crippen LogP contribution in [0, 0.1) is 0 Å². The standard InChI is InChI=1S/C10H12O2S2/c11-10(12)9(13)7-14-6-8-4-2-1-3-5-8/h1-5,9,13H,6-7H2,(H,11,12). The molecule has 1 N–H and O–H groups in total. The number of aliphatic carboxylic acids is 1. The van der Waals surface area contributed by atoms with E-state index in [9.17, 15) is 4.79 Å². The maximum absolute atomic E-state index is 10.5. The minimum Gasteiger partial charge on any atom is -0.480 e. The van der Waals surface area contributed by atoms with Crippen molar-refractivity contribution < 1.29 is 9.90 Å². The van der Waals surface area contributed by atoms with Crippen LogP contribution in [0.15, 0.2) is 30.3 Å².